The summed E-state index contributed by atoms with van der Waals surface area (Å²) in [7, 11) is 3.06. The van der Waals surface area contributed by atoms with E-state index in [1.165, 1.54) is 14.2 Å². The van der Waals surface area contributed by atoms with Gasteiger partial charge in [0.2, 0.25) is 12.0 Å². The third-order valence-electron chi connectivity index (χ3n) is 8.34. The van der Waals surface area contributed by atoms with Crippen molar-refractivity contribution in [2.45, 2.75) is 67.3 Å². The van der Waals surface area contributed by atoms with Crippen LogP contribution in [-0.2, 0) is 19.1 Å². The number of carboxylic acid groups (broad SMARTS) is 1. The van der Waals surface area contributed by atoms with Crippen LogP contribution in [0, 0.1) is 11.8 Å². The number of aliphatic hydroxyl groups excluding tert-OH is 2. The molecule has 7 rings (SSSR count). The molecular weight excluding hydrogens is 596 g/mol. The third-order valence-corrected chi connectivity index (χ3v) is 8.34. The Morgan fingerprint density at radius 1 is 1.11 bits per heavy atom. The summed E-state index contributed by atoms with van der Waals surface area (Å²) in [4.78, 5) is 23.2. The normalized spacial score (nSPS) is 29.6. The minimum Gasteiger partial charge on any atom is -0.493 e. The largest absolute Gasteiger partial charge is 0.493 e. The number of esters is 1. The van der Waals surface area contributed by atoms with Crippen molar-refractivity contribution in [3.63, 3.8) is 0 Å². The molecule has 5 aliphatic rings. The van der Waals surface area contributed by atoms with E-state index in [1.807, 2.05) is 6.07 Å². The molecule has 8 N–H and O–H groups in total. The average Bonchev–Trinajstić information content (AvgIpc) is 3.38. The molecule has 2 aromatic carbocycles. The van der Waals surface area contributed by atoms with E-state index in [1.54, 1.807) is 18.2 Å². The van der Waals surface area contributed by atoms with Crippen molar-refractivity contribution in [2.24, 2.45) is 11.5 Å². The van der Waals surface area contributed by atoms with E-state index in [0.29, 0.717) is 34.1 Å². The van der Waals surface area contributed by atoms with Crippen molar-refractivity contribution >= 4 is 11.9 Å². The molecule has 0 unspecified atom stereocenters. The second kappa shape index (κ2) is 11.6. The Balaban J connectivity index is 1.36. The summed E-state index contributed by atoms with van der Waals surface area (Å²) in [6, 6.07) is 6.97. The van der Waals surface area contributed by atoms with E-state index in [0.717, 1.165) is 5.56 Å². The van der Waals surface area contributed by atoms with Gasteiger partial charge in [-0.05, 0) is 12.1 Å². The van der Waals surface area contributed by atoms with Crippen LogP contribution in [0.3, 0.4) is 0 Å². The van der Waals surface area contributed by atoms with E-state index < -0.39 is 73.4 Å². The maximum absolute atomic E-state index is 12.2. The highest BCUT2D eigenvalue weighted by molar-refractivity contribution is 5.90. The zero-order valence-electron chi connectivity index (χ0n) is 24.2. The van der Waals surface area contributed by atoms with Gasteiger partial charge in [-0.15, -0.1) is 0 Å². The van der Waals surface area contributed by atoms with Crippen LogP contribution in [-0.4, -0.2) is 95.7 Å². The predicted octanol–water partition coefficient (Wildman–Crippen LogP) is -0.745. The number of aliphatic hydroxyl groups is 3. The number of methoxy groups -OCH3 is 2. The molecule has 15 nitrogen and oxygen atoms in total. The Kier molecular flexibility index (Phi) is 7.89. The Bertz CT molecular complexity index is 1590. The van der Waals surface area contributed by atoms with Crippen LogP contribution in [0.2, 0.25) is 0 Å². The molecule has 5 heterocycles. The molecule has 1 saturated heterocycles. The van der Waals surface area contributed by atoms with Gasteiger partial charge in [-0.25, -0.2) is 0 Å². The Morgan fingerprint density at radius 3 is 2.58 bits per heavy atom. The van der Waals surface area contributed by atoms with Crippen molar-refractivity contribution in [1.82, 2.24) is 0 Å². The van der Waals surface area contributed by atoms with Crippen molar-refractivity contribution in [3.8, 4) is 40.6 Å². The predicted molar refractivity (Wildman–Crippen MR) is 150 cm³/mol. The molecule has 0 amide bonds. The monoisotopic (exact) mass is 628 g/mol. The van der Waals surface area contributed by atoms with E-state index >= 15 is 0 Å². The Labute approximate surface area is 256 Å². The summed E-state index contributed by atoms with van der Waals surface area (Å²) in [6.45, 7) is 0.263. The fourth-order valence-electron chi connectivity index (χ4n) is 6.14. The van der Waals surface area contributed by atoms with Crippen LogP contribution >= 0.6 is 0 Å². The number of aliphatic carboxylic acids is 1. The number of ether oxygens (including phenoxy) is 7. The molecule has 0 radical (unpaired) electrons. The lowest BCUT2D eigenvalue weighted by Crippen LogP contribution is -2.72. The van der Waals surface area contributed by atoms with E-state index in [-0.39, 0.29) is 18.3 Å². The summed E-state index contributed by atoms with van der Waals surface area (Å²) in [5.74, 6) is 4.92. The van der Waals surface area contributed by atoms with Gasteiger partial charge >= 0.3 is 11.9 Å². The van der Waals surface area contributed by atoms with E-state index in [4.69, 9.17) is 49.7 Å². The van der Waals surface area contributed by atoms with Crippen molar-refractivity contribution in [2.75, 3.05) is 20.8 Å². The number of hydrogen-bond acceptors (Lipinski definition) is 14. The van der Waals surface area contributed by atoms with Gasteiger partial charge in [-0.1, -0.05) is 17.9 Å². The maximum Gasteiger partial charge on any atom is 0.317 e. The van der Waals surface area contributed by atoms with Crippen LogP contribution in [0.4, 0.5) is 0 Å². The molecule has 1 fully saturated rings. The number of carbonyl (C=O) groups is 2. The highest BCUT2D eigenvalue weighted by atomic mass is 16.7. The molecule has 8 atom stereocenters. The standard InChI is InChI=1S/C30H32N2O13/c1-39-16-6-5-13-15-11-41-18-9-17-12(8-14(18)22(15)44-23(13)24(16)40-2)4-3-7-30(38)26(37)21(36)29(42-17)45-27(30)25(28(31)32)43-20(35)10-19(33)34/h5-6,8-9,15,21-22,25-29,36-38H,7,10-11,31-32H2,1-2H3,(H,33,34)/t15-,21+,22-,25-,26+,27+,29+,30-/m0/s1. The number of benzene rings is 2. The first kappa shape index (κ1) is 30.7. The summed E-state index contributed by atoms with van der Waals surface area (Å²) >= 11 is 0. The van der Waals surface area contributed by atoms with E-state index in [2.05, 4.69) is 11.8 Å². The van der Waals surface area contributed by atoms with Crippen LogP contribution in [0.1, 0.15) is 41.6 Å². The van der Waals surface area contributed by atoms with Gasteiger partial charge in [0.1, 0.15) is 47.9 Å². The number of rotatable bonds is 7. The van der Waals surface area contributed by atoms with Gasteiger partial charge in [0, 0.05) is 23.6 Å². The van der Waals surface area contributed by atoms with Crippen LogP contribution in [0.15, 0.2) is 24.3 Å². The zero-order chi connectivity index (χ0) is 32.2. The lowest BCUT2D eigenvalue weighted by molar-refractivity contribution is -0.324. The van der Waals surface area contributed by atoms with Crippen molar-refractivity contribution < 1.29 is 63.2 Å². The average molecular weight is 629 g/mol. The lowest BCUT2D eigenvalue weighted by Gasteiger charge is -2.50. The molecule has 15 heteroatoms. The van der Waals surface area contributed by atoms with Gasteiger partial charge in [0.25, 0.3) is 0 Å². The molecule has 2 bridgehead atoms. The van der Waals surface area contributed by atoms with Crippen LogP contribution < -0.4 is 35.2 Å². The molecule has 0 spiro atoms. The number of nitrogens with two attached hydrogens (primary N) is 2. The first-order chi connectivity index (χ1) is 21.5. The topological polar surface area (TPSA) is 232 Å². The first-order valence-electron chi connectivity index (χ1n) is 14.0. The summed E-state index contributed by atoms with van der Waals surface area (Å²) < 4.78 is 40.6. The van der Waals surface area contributed by atoms with Crippen molar-refractivity contribution in [3.05, 3.63) is 41.0 Å². The molecule has 0 aliphatic carbocycles. The summed E-state index contributed by atoms with van der Waals surface area (Å²) in [5, 5.41) is 42.6. The minimum absolute atomic E-state index is 0.119. The Morgan fingerprint density at radius 2 is 1.89 bits per heavy atom. The van der Waals surface area contributed by atoms with Gasteiger partial charge in [0.15, 0.2) is 17.6 Å². The number of carboxylic acids is 1. The third kappa shape index (κ3) is 5.15. The van der Waals surface area contributed by atoms with Crippen molar-refractivity contribution in [1.29, 1.82) is 0 Å². The number of hydrogen-bond donors (Lipinski definition) is 6. The number of carbonyl (C=O) groups excluding carboxylic acids is 1. The van der Waals surface area contributed by atoms with E-state index in [9.17, 15) is 24.9 Å². The fraction of sp³-hybridized carbons (Fsp3) is 0.467. The first-order valence-corrected chi connectivity index (χ1v) is 14.0. The zero-order valence-corrected chi connectivity index (χ0v) is 24.2. The quantitative estimate of drug-likeness (QED) is 0.0959. The second-order valence-electron chi connectivity index (χ2n) is 11.1. The van der Waals surface area contributed by atoms with Gasteiger partial charge in [-0.3, -0.25) is 9.59 Å². The fourth-order valence-corrected chi connectivity index (χ4v) is 6.14. The molecule has 45 heavy (non-hydrogen) atoms. The maximum atomic E-state index is 12.2. The number of fused-ring (bicyclic) bond motifs is 8. The Hall–Kier alpha value is -4.30. The SMILES string of the molecule is COc1ccc2c(c1OC)O[C@H]1c3cc4c(cc3OC[C@@H]21)O[C@@H]1O[C@H]([C@H](OC(=O)CC(=O)O)C(N)N)[C@](O)(CC#C4)[C@H](O)[C@H]1O. The summed E-state index contributed by atoms with van der Waals surface area (Å²) in [6.07, 6.45) is -12.2. The minimum atomic E-state index is -2.37. The lowest BCUT2D eigenvalue weighted by atomic mass is 9.78. The highest BCUT2D eigenvalue weighted by Crippen LogP contribution is 2.56. The molecule has 0 aromatic heterocycles. The highest BCUT2D eigenvalue weighted by Gasteiger charge is 2.59. The van der Waals surface area contributed by atoms with Crippen LogP contribution in [0.25, 0.3) is 0 Å². The molecular formula is C30H32N2O13. The molecule has 240 valence electrons. The molecule has 5 aliphatic heterocycles. The smallest absolute Gasteiger partial charge is 0.317 e. The second-order valence-corrected chi connectivity index (χ2v) is 11.1. The van der Waals surface area contributed by atoms with Crippen LogP contribution in [0.5, 0.6) is 28.7 Å². The van der Waals surface area contributed by atoms with Gasteiger partial charge in [0.05, 0.1) is 38.5 Å². The molecule has 2 aromatic rings. The van der Waals surface area contributed by atoms with Gasteiger partial charge < -0.3 is 65.1 Å². The summed E-state index contributed by atoms with van der Waals surface area (Å²) in [5.41, 5.74) is 11.2. The molecule has 0 saturated carbocycles. The van der Waals surface area contributed by atoms with Gasteiger partial charge in [-0.2, -0.15) is 0 Å².